The summed E-state index contributed by atoms with van der Waals surface area (Å²) in [5.74, 6) is -0.0731. The van der Waals surface area contributed by atoms with Gasteiger partial charge in [0.1, 0.15) is 0 Å². The lowest BCUT2D eigenvalue weighted by molar-refractivity contribution is -0.123. The molecule has 1 amide bonds. The van der Waals surface area contributed by atoms with Crippen molar-refractivity contribution < 1.29 is 15.0 Å². The van der Waals surface area contributed by atoms with Gasteiger partial charge in [-0.2, -0.15) is 0 Å². The van der Waals surface area contributed by atoms with E-state index in [9.17, 15) is 15.0 Å². The lowest BCUT2D eigenvalue weighted by Gasteiger charge is -2.19. The highest BCUT2D eigenvalue weighted by atomic mass is 16.3. The number of nitrogens with one attached hydrogen (secondary N) is 1. The van der Waals surface area contributed by atoms with Gasteiger partial charge in [-0.3, -0.25) is 4.79 Å². The zero-order valence-corrected chi connectivity index (χ0v) is 40.7. The number of aliphatic hydroxyl groups excluding tert-OH is 2. The Kier molecular flexibility index (Phi) is 50.8. The summed E-state index contributed by atoms with van der Waals surface area (Å²) in [6, 6.07) is -0.640. The van der Waals surface area contributed by atoms with E-state index in [1.54, 1.807) is 6.08 Å². The fourth-order valence-corrected chi connectivity index (χ4v) is 8.43. The van der Waals surface area contributed by atoms with Crippen molar-refractivity contribution in [3.63, 3.8) is 0 Å². The Bertz CT molecular complexity index is 912. The molecule has 2 atom stereocenters. The molecule has 0 fully saturated rings. The first-order valence-corrected chi connectivity index (χ1v) is 27.2. The first kappa shape index (κ1) is 58.6. The van der Waals surface area contributed by atoms with Crippen LogP contribution >= 0.6 is 0 Å². The van der Waals surface area contributed by atoms with Crippen molar-refractivity contribution in [1.29, 1.82) is 0 Å². The predicted octanol–water partition coefficient (Wildman–Crippen LogP) is 17.7. The van der Waals surface area contributed by atoms with Crippen LogP contribution in [0.25, 0.3) is 0 Å². The molecule has 2 unspecified atom stereocenters. The summed E-state index contributed by atoms with van der Waals surface area (Å²) in [6.45, 7) is 4.32. The molecule has 0 radical (unpaired) electrons. The molecule has 0 bridgehead atoms. The topological polar surface area (TPSA) is 69.6 Å². The van der Waals surface area contributed by atoms with Crippen LogP contribution in [-0.2, 0) is 4.79 Å². The molecule has 0 rings (SSSR count). The monoisotopic (exact) mass is 842 g/mol. The van der Waals surface area contributed by atoms with Gasteiger partial charge in [-0.1, -0.05) is 269 Å². The quantitative estimate of drug-likeness (QED) is 0.0422. The standard InChI is InChI=1S/C56H107NO3/c1-3-5-7-9-11-13-15-17-19-21-23-24-25-26-27-28-29-30-31-32-34-35-37-39-41-43-45-47-49-51-55(59)54(53-58)57-56(60)52-50-48-46-44-42-40-38-36-33-22-20-18-16-14-12-10-8-6-4-2/h18,20,41,43,49,51,54-55,58-59H,3-17,19,21-40,42,44-48,50,52-53H2,1-2H3,(H,57,60)/b20-18-,43-41+,51-49+. The second-order valence-electron chi connectivity index (χ2n) is 18.6. The number of carbonyl (C=O) groups excluding carboxylic acids is 1. The van der Waals surface area contributed by atoms with Gasteiger partial charge in [0.15, 0.2) is 0 Å². The Morgan fingerprint density at radius 1 is 0.383 bits per heavy atom. The molecular weight excluding hydrogens is 735 g/mol. The molecule has 0 aliphatic heterocycles. The van der Waals surface area contributed by atoms with Gasteiger partial charge < -0.3 is 15.5 Å². The highest BCUT2D eigenvalue weighted by molar-refractivity contribution is 5.76. The zero-order chi connectivity index (χ0) is 43.5. The van der Waals surface area contributed by atoms with E-state index in [-0.39, 0.29) is 12.5 Å². The molecular formula is C56H107NO3. The van der Waals surface area contributed by atoms with E-state index in [1.165, 1.54) is 244 Å². The maximum absolute atomic E-state index is 12.4. The van der Waals surface area contributed by atoms with Crippen LogP contribution in [0.1, 0.15) is 296 Å². The minimum atomic E-state index is -0.863. The molecule has 0 aromatic heterocycles. The van der Waals surface area contributed by atoms with Gasteiger partial charge in [0.25, 0.3) is 0 Å². The predicted molar refractivity (Wildman–Crippen MR) is 267 cm³/mol. The number of aliphatic hydroxyl groups is 2. The molecule has 0 spiro atoms. The van der Waals surface area contributed by atoms with Gasteiger partial charge in [-0.05, 0) is 57.8 Å². The van der Waals surface area contributed by atoms with Crippen molar-refractivity contribution in [3.8, 4) is 0 Å². The smallest absolute Gasteiger partial charge is 0.220 e. The van der Waals surface area contributed by atoms with Crippen molar-refractivity contribution in [1.82, 2.24) is 5.32 Å². The van der Waals surface area contributed by atoms with E-state index in [0.717, 1.165) is 32.1 Å². The van der Waals surface area contributed by atoms with Crippen molar-refractivity contribution >= 4 is 5.91 Å². The van der Waals surface area contributed by atoms with E-state index >= 15 is 0 Å². The highest BCUT2D eigenvalue weighted by Gasteiger charge is 2.18. The molecule has 0 heterocycles. The van der Waals surface area contributed by atoms with Crippen LogP contribution in [0.5, 0.6) is 0 Å². The maximum Gasteiger partial charge on any atom is 0.220 e. The fraction of sp³-hybridized carbons (Fsp3) is 0.875. The minimum Gasteiger partial charge on any atom is -0.394 e. The van der Waals surface area contributed by atoms with Crippen molar-refractivity contribution in [2.45, 2.75) is 309 Å². The second-order valence-corrected chi connectivity index (χ2v) is 18.6. The van der Waals surface area contributed by atoms with Crippen molar-refractivity contribution in [3.05, 3.63) is 36.5 Å². The van der Waals surface area contributed by atoms with Crippen LogP contribution in [-0.4, -0.2) is 34.9 Å². The SMILES string of the molecule is CCCCCCCC/C=C\CCCCCCCCCCCC(=O)NC(CO)C(O)/C=C/CC/C=C/CCCCCCCCCCCCCCCCCCCCCCCCC. The average molecular weight is 842 g/mol. The number of hydrogen-bond acceptors (Lipinski definition) is 3. The first-order valence-electron chi connectivity index (χ1n) is 27.2. The molecule has 60 heavy (non-hydrogen) atoms. The number of carbonyl (C=O) groups is 1. The third-order valence-corrected chi connectivity index (χ3v) is 12.6. The number of hydrogen-bond donors (Lipinski definition) is 3. The van der Waals surface area contributed by atoms with Gasteiger partial charge >= 0.3 is 0 Å². The van der Waals surface area contributed by atoms with Crippen LogP contribution < -0.4 is 5.32 Å². The molecule has 0 aromatic carbocycles. The summed E-state index contributed by atoms with van der Waals surface area (Å²) in [5.41, 5.74) is 0. The molecule has 4 nitrogen and oxygen atoms in total. The van der Waals surface area contributed by atoms with E-state index in [1.807, 2.05) is 6.08 Å². The Morgan fingerprint density at radius 2 is 0.650 bits per heavy atom. The van der Waals surface area contributed by atoms with E-state index < -0.39 is 12.1 Å². The van der Waals surface area contributed by atoms with Gasteiger partial charge in [0.05, 0.1) is 18.8 Å². The first-order chi connectivity index (χ1) is 29.7. The second kappa shape index (κ2) is 52.0. The lowest BCUT2D eigenvalue weighted by atomic mass is 10.0. The Morgan fingerprint density at radius 3 is 0.967 bits per heavy atom. The number of rotatable bonds is 50. The van der Waals surface area contributed by atoms with Crippen LogP contribution in [0.15, 0.2) is 36.5 Å². The third kappa shape index (κ3) is 47.7. The number of unbranched alkanes of at least 4 members (excludes halogenated alkanes) is 39. The van der Waals surface area contributed by atoms with Crippen LogP contribution in [0.2, 0.25) is 0 Å². The Balaban J connectivity index is 3.51. The number of amides is 1. The zero-order valence-electron chi connectivity index (χ0n) is 40.7. The van der Waals surface area contributed by atoms with E-state index in [2.05, 4.69) is 43.5 Å². The largest absolute Gasteiger partial charge is 0.394 e. The molecule has 0 saturated heterocycles. The number of allylic oxidation sites excluding steroid dienone is 5. The van der Waals surface area contributed by atoms with E-state index in [0.29, 0.717) is 6.42 Å². The molecule has 0 aliphatic carbocycles. The summed E-state index contributed by atoms with van der Waals surface area (Å²) >= 11 is 0. The van der Waals surface area contributed by atoms with Crippen LogP contribution in [0.3, 0.4) is 0 Å². The molecule has 0 aromatic rings. The van der Waals surface area contributed by atoms with Gasteiger partial charge in [-0.15, -0.1) is 0 Å². The van der Waals surface area contributed by atoms with Gasteiger partial charge in [0.2, 0.25) is 5.91 Å². The van der Waals surface area contributed by atoms with Crippen LogP contribution in [0, 0.1) is 0 Å². The summed E-state index contributed by atoms with van der Waals surface area (Å²) in [5, 5.41) is 23.1. The average Bonchev–Trinajstić information content (AvgIpc) is 3.25. The third-order valence-electron chi connectivity index (χ3n) is 12.6. The lowest BCUT2D eigenvalue weighted by Crippen LogP contribution is -2.45. The van der Waals surface area contributed by atoms with E-state index in [4.69, 9.17) is 0 Å². The van der Waals surface area contributed by atoms with Gasteiger partial charge in [0, 0.05) is 6.42 Å². The van der Waals surface area contributed by atoms with Crippen LogP contribution in [0.4, 0.5) is 0 Å². The Hall–Kier alpha value is -1.39. The van der Waals surface area contributed by atoms with Crippen molar-refractivity contribution in [2.75, 3.05) is 6.61 Å². The van der Waals surface area contributed by atoms with Gasteiger partial charge in [-0.25, -0.2) is 0 Å². The molecule has 3 N–H and O–H groups in total. The summed E-state index contributed by atoms with van der Waals surface area (Å²) in [4.78, 5) is 12.4. The molecule has 0 aliphatic rings. The van der Waals surface area contributed by atoms with Crippen molar-refractivity contribution in [2.24, 2.45) is 0 Å². The Labute approximate surface area is 376 Å². The summed E-state index contributed by atoms with van der Waals surface area (Å²) < 4.78 is 0. The summed E-state index contributed by atoms with van der Waals surface area (Å²) in [6.07, 6.45) is 70.2. The summed E-state index contributed by atoms with van der Waals surface area (Å²) in [7, 11) is 0. The normalized spacial score (nSPS) is 13.1. The molecule has 354 valence electrons. The fourth-order valence-electron chi connectivity index (χ4n) is 8.43. The molecule has 4 heteroatoms. The molecule has 0 saturated carbocycles. The maximum atomic E-state index is 12.4. The highest BCUT2D eigenvalue weighted by Crippen LogP contribution is 2.17. The minimum absolute atomic E-state index is 0.0731.